The third-order valence-electron chi connectivity index (χ3n) is 5.59. The molecule has 1 aromatic heterocycles. The first-order chi connectivity index (χ1) is 13.3. The second-order valence-electron chi connectivity index (χ2n) is 7.15. The fourth-order valence-corrected chi connectivity index (χ4v) is 5.68. The molecule has 0 radical (unpaired) electrons. The Morgan fingerprint density at radius 1 is 1.25 bits per heavy atom. The van der Waals surface area contributed by atoms with Gasteiger partial charge in [-0.1, -0.05) is 13.8 Å². The number of likely N-dealkylation sites (tertiary alicyclic amines) is 1. The normalized spacial score (nSPS) is 20.5. The van der Waals surface area contributed by atoms with Gasteiger partial charge in [0.25, 0.3) is 10.2 Å². The van der Waals surface area contributed by atoms with E-state index in [1.807, 2.05) is 18.7 Å². The summed E-state index contributed by atoms with van der Waals surface area (Å²) < 4.78 is 28.8. The number of anilines is 1. The van der Waals surface area contributed by atoms with Crippen LogP contribution >= 0.6 is 0 Å². The Morgan fingerprint density at radius 3 is 2.57 bits per heavy atom. The lowest BCUT2D eigenvalue weighted by atomic mass is 10.1. The average molecular weight is 411 g/mol. The van der Waals surface area contributed by atoms with Crippen LogP contribution in [-0.4, -0.2) is 71.0 Å². The molecular formula is C18H30N6O3S. The van der Waals surface area contributed by atoms with Gasteiger partial charge < -0.3 is 10.2 Å². The van der Waals surface area contributed by atoms with Gasteiger partial charge in [-0.15, -0.1) is 0 Å². The first-order valence-corrected chi connectivity index (χ1v) is 11.3. The van der Waals surface area contributed by atoms with Crippen molar-refractivity contribution in [2.24, 2.45) is 0 Å². The summed E-state index contributed by atoms with van der Waals surface area (Å²) in [4.78, 5) is 23.2. The smallest absolute Gasteiger partial charge is 0.282 e. The Bertz CT molecular complexity index is 823. The van der Waals surface area contributed by atoms with Crippen LogP contribution in [0.4, 0.5) is 5.82 Å². The number of carbonyl (C=O) groups is 1. The lowest BCUT2D eigenvalue weighted by molar-refractivity contribution is -0.129. The first-order valence-electron chi connectivity index (χ1n) is 9.93. The molecular weight excluding hydrogens is 380 g/mol. The molecule has 3 rings (SSSR count). The Balaban J connectivity index is 1.93. The molecule has 0 unspecified atom stereocenters. The molecule has 10 heteroatoms. The maximum absolute atomic E-state index is 12.9. The molecule has 156 valence electrons. The van der Waals surface area contributed by atoms with Crippen molar-refractivity contribution < 1.29 is 13.2 Å². The molecule has 1 aromatic rings. The van der Waals surface area contributed by atoms with Crippen LogP contribution in [0.15, 0.2) is 0 Å². The summed E-state index contributed by atoms with van der Waals surface area (Å²) in [6.07, 6.45) is 2.33. The van der Waals surface area contributed by atoms with Crippen LogP contribution in [0.3, 0.4) is 0 Å². The predicted octanol–water partition coefficient (Wildman–Crippen LogP) is 1.15. The van der Waals surface area contributed by atoms with E-state index < -0.39 is 10.2 Å². The van der Waals surface area contributed by atoms with E-state index >= 15 is 0 Å². The third-order valence-corrected chi connectivity index (χ3v) is 7.73. The van der Waals surface area contributed by atoms with Gasteiger partial charge >= 0.3 is 0 Å². The first kappa shape index (κ1) is 20.9. The van der Waals surface area contributed by atoms with Crippen molar-refractivity contribution in [3.05, 3.63) is 17.1 Å². The van der Waals surface area contributed by atoms with Gasteiger partial charge in [-0.3, -0.25) is 4.79 Å². The van der Waals surface area contributed by atoms with Crippen molar-refractivity contribution in [3.63, 3.8) is 0 Å². The number of rotatable bonds is 6. The van der Waals surface area contributed by atoms with Crippen LogP contribution in [0.1, 0.15) is 56.7 Å². The molecule has 0 aromatic carbocycles. The standard InChI is InChI=1S/C18H30N6O3S/c1-5-22(6-2)28(26,27)23-11-9-15-14(12-23)17(19-4)21-18(20-15)16-8-7-10-24(16)13(3)25/h16H,5-12H2,1-4H3,(H,19,20,21)/t16-/m1/s1. The number of carbonyl (C=O) groups excluding carboxylic acids is 1. The SMILES string of the molecule is CCN(CC)S(=O)(=O)N1CCc2nc([C@H]3CCCN3C(C)=O)nc(NC)c2C1. The molecule has 1 fully saturated rings. The molecule has 1 N–H and O–H groups in total. The van der Waals surface area contributed by atoms with Crippen molar-refractivity contribution in [1.82, 2.24) is 23.5 Å². The number of fused-ring (bicyclic) bond motifs is 1. The van der Waals surface area contributed by atoms with E-state index in [0.717, 1.165) is 30.6 Å². The highest BCUT2D eigenvalue weighted by Gasteiger charge is 2.35. The number of hydrogen-bond donors (Lipinski definition) is 1. The summed E-state index contributed by atoms with van der Waals surface area (Å²) >= 11 is 0. The number of amides is 1. The fraction of sp³-hybridized carbons (Fsp3) is 0.722. The van der Waals surface area contributed by atoms with E-state index in [1.165, 1.54) is 8.61 Å². The van der Waals surface area contributed by atoms with E-state index in [2.05, 4.69) is 10.3 Å². The zero-order valence-corrected chi connectivity index (χ0v) is 17.9. The molecule has 9 nitrogen and oxygen atoms in total. The van der Waals surface area contributed by atoms with Gasteiger partial charge in [0.2, 0.25) is 5.91 Å². The summed E-state index contributed by atoms with van der Waals surface area (Å²) in [6.45, 7) is 7.53. The van der Waals surface area contributed by atoms with Crippen molar-refractivity contribution >= 4 is 21.9 Å². The van der Waals surface area contributed by atoms with E-state index in [0.29, 0.717) is 37.7 Å². The molecule has 2 aliphatic heterocycles. The topological polar surface area (TPSA) is 98.7 Å². The molecule has 2 aliphatic rings. The molecule has 1 saturated heterocycles. The number of aromatic nitrogens is 2. The maximum Gasteiger partial charge on any atom is 0.282 e. The molecule has 28 heavy (non-hydrogen) atoms. The zero-order valence-electron chi connectivity index (χ0n) is 17.1. The largest absolute Gasteiger partial charge is 0.373 e. The van der Waals surface area contributed by atoms with Gasteiger partial charge in [0.05, 0.1) is 11.7 Å². The van der Waals surface area contributed by atoms with E-state index in [4.69, 9.17) is 4.98 Å². The molecule has 1 amide bonds. The highest BCUT2D eigenvalue weighted by atomic mass is 32.2. The quantitative estimate of drug-likeness (QED) is 0.755. The van der Waals surface area contributed by atoms with Crippen molar-refractivity contribution in [2.45, 2.75) is 52.6 Å². The molecule has 0 saturated carbocycles. The number of nitrogens with zero attached hydrogens (tertiary/aromatic N) is 5. The van der Waals surface area contributed by atoms with Crippen LogP contribution in [0.2, 0.25) is 0 Å². The molecule has 1 atom stereocenters. The second-order valence-corrected chi connectivity index (χ2v) is 9.08. The Labute approximate surface area is 167 Å². The zero-order chi connectivity index (χ0) is 20.5. The maximum atomic E-state index is 12.9. The fourth-order valence-electron chi connectivity index (χ4n) is 4.09. The lowest BCUT2D eigenvalue weighted by Crippen LogP contribution is -2.46. The summed E-state index contributed by atoms with van der Waals surface area (Å²) in [5.41, 5.74) is 1.69. The summed E-state index contributed by atoms with van der Waals surface area (Å²) in [7, 11) is -1.73. The third kappa shape index (κ3) is 3.72. The Hall–Kier alpha value is -1.78. The van der Waals surface area contributed by atoms with Crippen LogP contribution in [-0.2, 0) is 28.0 Å². The Kier molecular flexibility index (Phi) is 6.21. The highest BCUT2D eigenvalue weighted by molar-refractivity contribution is 7.86. The van der Waals surface area contributed by atoms with Crippen LogP contribution in [0.25, 0.3) is 0 Å². The Morgan fingerprint density at radius 2 is 1.96 bits per heavy atom. The van der Waals surface area contributed by atoms with Gasteiger partial charge in [0, 0.05) is 58.7 Å². The molecule has 0 spiro atoms. The van der Waals surface area contributed by atoms with E-state index in [1.54, 1.807) is 14.0 Å². The lowest BCUT2D eigenvalue weighted by Gasteiger charge is -2.33. The molecule has 0 aliphatic carbocycles. The van der Waals surface area contributed by atoms with Crippen molar-refractivity contribution in [2.75, 3.05) is 38.5 Å². The molecule has 0 bridgehead atoms. The van der Waals surface area contributed by atoms with Gasteiger partial charge in [-0.05, 0) is 12.8 Å². The predicted molar refractivity (Wildman–Crippen MR) is 107 cm³/mol. The minimum Gasteiger partial charge on any atom is -0.373 e. The highest BCUT2D eigenvalue weighted by Crippen LogP contribution is 2.33. The van der Waals surface area contributed by atoms with E-state index in [-0.39, 0.29) is 18.5 Å². The van der Waals surface area contributed by atoms with Gasteiger partial charge in [-0.25, -0.2) is 9.97 Å². The van der Waals surface area contributed by atoms with Crippen LogP contribution in [0, 0.1) is 0 Å². The van der Waals surface area contributed by atoms with Crippen LogP contribution < -0.4 is 5.32 Å². The molecule has 3 heterocycles. The summed E-state index contributed by atoms with van der Waals surface area (Å²) in [6, 6.07) is -0.104. The van der Waals surface area contributed by atoms with Gasteiger partial charge in [-0.2, -0.15) is 17.0 Å². The number of nitrogens with one attached hydrogen (secondary N) is 1. The van der Waals surface area contributed by atoms with Crippen LogP contribution in [0.5, 0.6) is 0 Å². The van der Waals surface area contributed by atoms with E-state index in [9.17, 15) is 13.2 Å². The summed E-state index contributed by atoms with van der Waals surface area (Å²) in [5.74, 6) is 1.33. The summed E-state index contributed by atoms with van der Waals surface area (Å²) in [5, 5.41) is 3.10. The average Bonchev–Trinajstić information content (AvgIpc) is 3.17. The second kappa shape index (κ2) is 8.30. The minimum absolute atomic E-state index is 0.0336. The minimum atomic E-state index is -3.51. The van der Waals surface area contributed by atoms with Gasteiger partial charge in [0.15, 0.2) is 5.82 Å². The monoisotopic (exact) mass is 410 g/mol. The number of hydrogen-bond acceptors (Lipinski definition) is 6. The van der Waals surface area contributed by atoms with Crippen molar-refractivity contribution in [3.8, 4) is 0 Å². The van der Waals surface area contributed by atoms with Gasteiger partial charge in [0.1, 0.15) is 5.82 Å². The van der Waals surface area contributed by atoms with Crippen molar-refractivity contribution in [1.29, 1.82) is 0 Å².